The molecule has 0 N–H and O–H groups in total. The van der Waals surface area contributed by atoms with Crippen molar-refractivity contribution in [3.05, 3.63) is 101 Å². The highest BCUT2D eigenvalue weighted by atomic mass is 19.4. The number of hydrogen-bond donors (Lipinski definition) is 0. The number of carbonyl (C=O) groups excluding carboxylic acids is 1. The first-order valence-electron chi connectivity index (χ1n) is 12.0. The summed E-state index contributed by atoms with van der Waals surface area (Å²) in [7, 11) is 0. The Morgan fingerprint density at radius 2 is 1.70 bits per heavy atom. The molecule has 0 bridgehead atoms. The summed E-state index contributed by atoms with van der Waals surface area (Å²) in [6.07, 6.45) is -2.41. The Morgan fingerprint density at radius 1 is 0.946 bits per heavy atom. The number of hydrogen-bond acceptors (Lipinski definition) is 5. The second kappa shape index (κ2) is 10.1. The summed E-state index contributed by atoms with van der Waals surface area (Å²) in [6.45, 7) is 3.83. The van der Waals surface area contributed by atoms with Gasteiger partial charge in [-0.15, -0.1) is 0 Å². The Morgan fingerprint density at radius 3 is 2.38 bits per heavy atom. The minimum absolute atomic E-state index is 0.169. The lowest BCUT2D eigenvalue weighted by Gasteiger charge is -2.36. The quantitative estimate of drug-likeness (QED) is 0.352. The number of amides is 1. The van der Waals surface area contributed by atoms with Crippen molar-refractivity contribution in [2.75, 3.05) is 31.1 Å². The molecule has 9 heteroatoms. The van der Waals surface area contributed by atoms with Gasteiger partial charge >= 0.3 is 6.18 Å². The van der Waals surface area contributed by atoms with E-state index < -0.39 is 11.7 Å². The number of anilines is 1. The van der Waals surface area contributed by atoms with E-state index in [1.54, 1.807) is 23.1 Å². The molecule has 0 unspecified atom stereocenters. The Balaban J connectivity index is 1.49. The van der Waals surface area contributed by atoms with Gasteiger partial charge in [0.15, 0.2) is 11.6 Å². The number of benzene rings is 2. The number of halogens is 3. The molecule has 1 amide bonds. The van der Waals surface area contributed by atoms with Crippen molar-refractivity contribution in [2.24, 2.45) is 0 Å². The lowest BCUT2D eigenvalue weighted by atomic mass is 10.0. The van der Waals surface area contributed by atoms with E-state index in [1.807, 2.05) is 37.3 Å². The van der Waals surface area contributed by atoms with Crippen LogP contribution in [-0.4, -0.2) is 47.0 Å². The minimum atomic E-state index is -4.46. The van der Waals surface area contributed by atoms with Crippen LogP contribution < -0.4 is 4.90 Å². The van der Waals surface area contributed by atoms with Crippen LogP contribution in [0.25, 0.3) is 11.4 Å². The largest absolute Gasteiger partial charge is 0.459 e. The first-order valence-corrected chi connectivity index (χ1v) is 12.0. The normalized spacial score (nSPS) is 14.2. The molecule has 2 aromatic carbocycles. The molecule has 3 heterocycles. The molecule has 190 valence electrons. The highest BCUT2D eigenvalue weighted by molar-refractivity contribution is 5.91. The second-order valence-corrected chi connectivity index (χ2v) is 8.93. The number of furan rings is 1. The van der Waals surface area contributed by atoms with Gasteiger partial charge < -0.3 is 14.2 Å². The highest BCUT2D eigenvalue weighted by Crippen LogP contribution is 2.33. The van der Waals surface area contributed by atoms with Gasteiger partial charge in [0.1, 0.15) is 5.82 Å². The van der Waals surface area contributed by atoms with Crippen molar-refractivity contribution in [1.82, 2.24) is 14.9 Å². The molecular formula is C28H25F3N4O2. The van der Waals surface area contributed by atoms with Gasteiger partial charge in [-0.2, -0.15) is 13.2 Å². The Kier molecular flexibility index (Phi) is 6.69. The van der Waals surface area contributed by atoms with Crippen molar-refractivity contribution in [3.8, 4) is 11.4 Å². The maximum Gasteiger partial charge on any atom is 0.416 e. The fourth-order valence-corrected chi connectivity index (χ4v) is 4.49. The molecular weight excluding hydrogens is 481 g/mol. The zero-order valence-corrected chi connectivity index (χ0v) is 20.2. The monoisotopic (exact) mass is 506 g/mol. The van der Waals surface area contributed by atoms with E-state index in [2.05, 4.69) is 9.88 Å². The van der Waals surface area contributed by atoms with E-state index in [1.165, 1.54) is 12.3 Å². The first-order chi connectivity index (χ1) is 17.8. The molecule has 1 aliphatic rings. The minimum Gasteiger partial charge on any atom is -0.459 e. The summed E-state index contributed by atoms with van der Waals surface area (Å²) in [5.74, 6) is 1.04. The average Bonchev–Trinajstić information content (AvgIpc) is 3.45. The number of alkyl halides is 3. The molecule has 0 aliphatic carbocycles. The zero-order valence-electron chi connectivity index (χ0n) is 20.2. The Bertz CT molecular complexity index is 1380. The van der Waals surface area contributed by atoms with Crippen LogP contribution in [0, 0.1) is 6.92 Å². The van der Waals surface area contributed by atoms with Crippen LogP contribution in [0.4, 0.5) is 19.0 Å². The fraction of sp³-hybridized carbons (Fsp3) is 0.250. The summed E-state index contributed by atoms with van der Waals surface area (Å²) in [6, 6.07) is 18.3. The maximum absolute atomic E-state index is 13.4. The van der Waals surface area contributed by atoms with Gasteiger partial charge in [-0.05, 0) is 36.8 Å². The zero-order chi connectivity index (χ0) is 26.0. The van der Waals surface area contributed by atoms with Gasteiger partial charge in [0.05, 0.1) is 11.8 Å². The predicted octanol–water partition coefficient (Wildman–Crippen LogP) is 5.62. The van der Waals surface area contributed by atoms with E-state index >= 15 is 0 Å². The molecule has 0 atom stereocenters. The summed E-state index contributed by atoms with van der Waals surface area (Å²) < 4.78 is 45.3. The molecule has 1 aliphatic heterocycles. The van der Waals surface area contributed by atoms with E-state index in [0.717, 1.165) is 23.3 Å². The number of nitrogens with zero attached hydrogens (tertiary/aromatic N) is 4. The molecule has 2 aromatic heterocycles. The van der Waals surface area contributed by atoms with E-state index in [-0.39, 0.29) is 11.7 Å². The first kappa shape index (κ1) is 24.5. The average molecular weight is 507 g/mol. The van der Waals surface area contributed by atoms with Gasteiger partial charge in [0, 0.05) is 49.4 Å². The van der Waals surface area contributed by atoms with Crippen molar-refractivity contribution in [3.63, 3.8) is 0 Å². The third-order valence-corrected chi connectivity index (χ3v) is 6.46. The van der Waals surface area contributed by atoms with Gasteiger partial charge in [-0.1, -0.05) is 42.5 Å². The second-order valence-electron chi connectivity index (χ2n) is 8.93. The summed E-state index contributed by atoms with van der Waals surface area (Å²) in [5, 5.41) is 0. The van der Waals surface area contributed by atoms with Crippen LogP contribution in [0.3, 0.4) is 0 Å². The van der Waals surface area contributed by atoms with Crippen LogP contribution in [-0.2, 0) is 12.6 Å². The molecule has 0 saturated carbocycles. The van der Waals surface area contributed by atoms with Crippen molar-refractivity contribution < 1.29 is 22.4 Å². The molecule has 6 nitrogen and oxygen atoms in total. The van der Waals surface area contributed by atoms with Gasteiger partial charge in [-0.3, -0.25) is 4.79 Å². The summed E-state index contributed by atoms with van der Waals surface area (Å²) in [4.78, 5) is 25.9. The van der Waals surface area contributed by atoms with E-state index in [0.29, 0.717) is 55.4 Å². The molecule has 4 aromatic rings. The molecule has 0 spiro atoms. The lowest BCUT2D eigenvalue weighted by Crippen LogP contribution is -2.49. The van der Waals surface area contributed by atoms with Crippen LogP contribution in [0.1, 0.15) is 32.9 Å². The summed E-state index contributed by atoms with van der Waals surface area (Å²) >= 11 is 0. The Labute approximate surface area is 212 Å². The van der Waals surface area contributed by atoms with Crippen LogP contribution in [0.2, 0.25) is 0 Å². The smallest absolute Gasteiger partial charge is 0.416 e. The molecule has 5 rings (SSSR count). The molecule has 0 radical (unpaired) electrons. The molecule has 37 heavy (non-hydrogen) atoms. The van der Waals surface area contributed by atoms with Crippen molar-refractivity contribution in [1.29, 1.82) is 0 Å². The highest BCUT2D eigenvalue weighted by Gasteiger charge is 2.31. The van der Waals surface area contributed by atoms with Crippen LogP contribution >= 0.6 is 0 Å². The van der Waals surface area contributed by atoms with Crippen LogP contribution in [0.5, 0.6) is 0 Å². The SMILES string of the molecule is Cc1nc(-c2cccc(C(F)(F)F)c2)nc(N2CCN(C(=O)c3ccco3)CC2)c1Cc1ccccc1. The number of rotatable bonds is 5. The number of carbonyl (C=O) groups is 1. The number of aryl methyl sites for hydroxylation is 1. The van der Waals surface area contributed by atoms with Gasteiger partial charge in [0.25, 0.3) is 5.91 Å². The maximum atomic E-state index is 13.4. The van der Waals surface area contributed by atoms with Crippen molar-refractivity contribution in [2.45, 2.75) is 19.5 Å². The van der Waals surface area contributed by atoms with E-state index in [4.69, 9.17) is 9.40 Å². The van der Waals surface area contributed by atoms with Gasteiger partial charge in [0.2, 0.25) is 0 Å². The molecule has 1 saturated heterocycles. The lowest BCUT2D eigenvalue weighted by molar-refractivity contribution is -0.137. The fourth-order valence-electron chi connectivity index (χ4n) is 4.49. The topological polar surface area (TPSA) is 62.5 Å². The number of aromatic nitrogens is 2. The standard InChI is InChI=1S/C28H25F3N4O2/c1-19-23(17-20-7-3-2-4-8-20)26(33-25(32-19)21-9-5-10-22(18-21)28(29,30)31)34-12-14-35(15-13-34)27(36)24-11-6-16-37-24/h2-11,16,18H,12-15,17H2,1H3. The third kappa shape index (κ3) is 5.35. The summed E-state index contributed by atoms with van der Waals surface area (Å²) in [5.41, 5.74) is 2.25. The van der Waals surface area contributed by atoms with Crippen LogP contribution in [0.15, 0.2) is 77.4 Å². The van der Waals surface area contributed by atoms with E-state index in [9.17, 15) is 18.0 Å². The Hall–Kier alpha value is -4.14. The number of piperazine rings is 1. The van der Waals surface area contributed by atoms with Gasteiger partial charge in [-0.25, -0.2) is 9.97 Å². The van der Waals surface area contributed by atoms with Crippen molar-refractivity contribution >= 4 is 11.7 Å². The third-order valence-electron chi connectivity index (χ3n) is 6.46. The molecule has 1 fully saturated rings. The predicted molar refractivity (Wildman–Crippen MR) is 133 cm³/mol.